The van der Waals surface area contributed by atoms with E-state index in [2.05, 4.69) is 10.4 Å². The standard InChI is InChI=1S/C12H10N4O/c1-16-11(5-6-14-16)15-12(17)10-4-2-3-9(7-10)8-13/h2-7H,1H3,(H,15,17). The highest BCUT2D eigenvalue weighted by atomic mass is 16.1. The van der Waals surface area contributed by atoms with Crippen molar-refractivity contribution in [2.75, 3.05) is 5.32 Å². The molecule has 0 aliphatic heterocycles. The zero-order chi connectivity index (χ0) is 12.3. The van der Waals surface area contributed by atoms with Crippen LogP contribution in [0, 0.1) is 11.3 Å². The number of hydrogen-bond donors (Lipinski definition) is 1. The fourth-order valence-electron chi connectivity index (χ4n) is 1.42. The van der Waals surface area contributed by atoms with Crippen molar-refractivity contribution in [1.82, 2.24) is 9.78 Å². The van der Waals surface area contributed by atoms with Crippen molar-refractivity contribution in [3.05, 3.63) is 47.7 Å². The van der Waals surface area contributed by atoms with Crippen LogP contribution in [0.15, 0.2) is 36.5 Å². The van der Waals surface area contributed by atoms with E-state index in [-0.39, 0.29) is 5.91 Å². The molecule has 0 saturated carbocycles. The summed E-state index contributed by atoms with van der Waals surface area (Å²) in [6.07, 6.45) is 1.60. The lowest BCUT2D eigenvalue weighted by Crippen LogP contribution is -2.14. The Kier molecular flexibility index (Phi) is 2.88. The third-order valence-electron chi connectivity index (χ3n) is 2.32. The second-order valence-electron chi connectivity index (χ2n) is 3.49. The van der Waals surface area contributed by atoms with E-state index in [1.54, 1.807) is 48.3 Å². The van der Waals surface area contributed by atoms with Crippen LogP contribution in [0.5, 0.6) is 0 Å². The van der Waals surface area contributed by atoms with Gasteiger partial charge < -0.3 is 5.32 Å². The molecule has 1 N–H and O–H groups in total. The summed E-state index contributed by atoms with van der Waals surface area (Å²) in [5.74, 6) is 0.350. The first-order valence-electron chi connectivity index (χ1n) is 5.00. The molecule has 0 unspecified atom stereocenters. The van der Waals surface area contributed by atoms with E-state index in [0.29, 0.717) is 16.9 Å². The summed E-state index contributed by atoms with van der Waals surface area (Å²) in [5, 5.41) is 15.4. The van der Waals surface area contributed by atoms with Crippen LogP contribution in [0.25, 0.3) is 0 Å². The SMILES string of the molecule is Cn1nccc1NC(=O)c1cccc(C#N)c1. The van der Waals surface area contributed by atoms with Crippen LogP contribution in [-0.4, -0.2) is 15.7 Å². The Labute approximate surface area is 98.3 Å². The third-order valence-corrected chi connectivity index (χ3v) is 2.32. The topological polar surface area (TPSA) is 70.7 Å². The Morgan fingerprint density at radius 1 is 1.47 bits per heavy atom. The average Bonchev–Trinajstić information content (AvgIpc) is 2.75. The van der Waals surface area contributed by atoms with Crippen molar-refractivity contribution in [3.63, 3.8) is 0 Å². The maximum absolute atomic E-state index is 11.9. The molecule has 0 aliphatic carbocycles. The van der Waals surface area contributed by atoms with E-state index >= 15 is 0 Å². The number of rotatable bonds is 2. The molecule has 0 bridgehead atoms. The van der Waals surface area contributed by atoms with Gasteiger partial charge in [0, 0.05) is 18.7 Å². The number of nitrogens with zero attached hydrogens (tertiary/aromatic N) is 3. The monoisotopic (exact) mass is 226 g/mol. The number of anilines is 1. The molecule has 1 aromatic heterocycles. The van der Waals surface area contributed by atoms with Crippen molar-refractivity contribution in [3.8, 4) is 6.07 Å². The molecule has 84 valence electrons. The largest absolute Gasteiger partial charge is 0.307 e. The van der Waals surface area contributed by atoms with Crippen LogP contribution < -0.4 is 5.32 Å². The highest BCUT2D eigenvalue weighted by Gasteiger charge is 2.08. The summed E-state index contributed by atoms with van der Waals surface area (Å²) in [4.78, 5) is 11.9. The predicted octanol–water partition coefficient (Wildman–Crippen LogP) is 1.54. The molecule has 17 heavy (non-hydrogen) atoms. The number of benzene rings is 1. The Morgan fingerprint density at radius 2 is 2.29 bits per heavy atom. The molecule has 0 saturated heterocycles. The zero-order valence-electron chi connectivity index (χ0n) is 9.21. The fraction of sp³-hybridized carbons (Fsp3) is 0.0833. The van der Waals surface area contributed by atoms with Crippen molar-refractivity contribution in [2.45, 2.75) is 0 Å². The number of carbonyl (C=O) groups is 1. The van der Waals surface area contributed by atoms with Crippen molar-refractivity contribution < 1.29 is 4.79 Å². The van der Waals surface area contributed by atoms with E-state index in [1.807, 2.05) is 6.07 Å². The van der Waals surface area contributed by atoms with Crippen LogP contribution in [0.2, 0.25) is 0 Å². The number of nitriles is 1. The number of carbonyl (C=O) groups excluding carboxylic acids is 1. The normalized spacial score (nSPS) is 9.65. The average molecular weight is 226 g/mol. The molecule has 0 fully saturated rings. The molecule has 1 aromatic carbocycles. The van der Waals surface area contributed by atoms with Gasteiger partial charge in [0.1, 0.15) is 5.82 Å². The van der Waals surface area contributed by atoms with Crippen LogP contribution in [0.3, 0.4) is 0 Å². The van der Waals surface area contributed by atoms with Crippen LogP contribution in [-0.2, 0) is 7.05 Å². The van der Waals surface area contributed by atoms with Gasteiger partial charge in [0.15, 0.2) is 0 Å². The zero-order valence-corrected chi connectivity index (χ0v) is 9.21. The quantitative estimate of drug-likeness (QED) is 0.844. The van der Waals surface area contributed by atoms with Gasteiger partial charge in [0.2, 0.25) is 0 Å². The van der Waals surface area contributed by atoms with E-state index in [0.717, 1.165) is 0 Å². The second kappa shape index (κ2) is 4.49. The summed E-state index contributed by atoms with van der Waals surface area (Å²) in [6.45, 7) is 0. The minimum absolute atomic E-state index is 0.259. The first-order valence-corrected chi connectivity index (χ1v) is 5.00. The minimum atomic E-state index is -0.259. The Bertz CT molecular complexity index is 595. The Hall–Kier alpha value is -2.61. The van der Waals surface area contributed by atoms with E-state index < -0.39 is 0 Å². The van der Waals surface area contributed by atoms with Crippen LogP contribution in [0.4, 0.5) is 5.82 Å². The lowest BCUT2D eigenvalue weighted by molar-refractivity contribution is 0.102. The maximum Gasteiger partial charge on any atom is 0.256 e. The van der Waals surface area contributed by atoms with Gasteiger partial charge in [-0.05, 0) is 18.2 Å². The first-order chi connectivity index (χ1) is 8.20. The van der Waals surface area contributed by atoms with Gasteiger partial charge >= 0.3 is 0 Å². The van der Waals surface area contributed by atoms with Crippen molar-refractivity contribution in [1.29, 1.82) is 5.26 Å². The van der Waals surface area contributed by atoms with Crippen LogP contribution >= 0.6 is 0 Å². The molecular formula is C12H10N4O. The molecule has 1 heterocycles. The Balaban J connectivity index is 2.21. The first kappa shape index (κ1) is 10.9. The van der Waals surface area contributed by atoms with Gasteiger partial charge in [-0.3, -0.25) is 9.48 Å². The fourth-order valence-corrected chi connectivity index (χ4v) is 1.42. The van der Waals surface area contributed by atoms with Crippen molar-refractivity contribution >= 4 is 11.7 Å². The predicted molar refractivity (Wildman–Crippen MR) is 62.3 cm³/mol. The van der Waals surface area contributed by atoms with Gasteiger partial charge in [-0.15, -0.1) is 0 Å². The number of aromatic nitrogens is 2. The smallest absolute Gasteiger partial charge is 0.256 e. The van der Waals surface area contributed by atoms with Crippen molar-refractivity contribution in [2.24, 2.45) is 7.05 Å². The molecule has 0 atom stereocenters. The summed E-state index contributed by atoms with van der Waals surface area (Å²) in [7, 11) is 1.74. The van der Waals surface area contributed by atoms with Gasteiger partial charge in [-0.25, -0.2) is 0 Å². The number of nitrogens with one attached hydrogen (secondary N) is 1. The molecule has 5 nitrogen and oxygen atoms in total. The highest BCUT2D eigenvalue weighted by Crippen LogP contribution is 2.09. The molecule has 0 spiro atoms. The number of amides is 1. The van der Waals surface area contributed by atoms with Gasteiger partial charge in [0.25, 0.3) is 5.91 Å². The summed E-state index contributed by atoms with van der Waals surface area (Å²) >= 11 is 0. The minimum Gasteiger partial charge on any atom is -0.307 e. The Morgan fingerprint density at radius 3 is 2.94 bits per heavy atom. The summed E-state index contributed by atoms with van der Waals surface area (Å²) in [5.41, 5.74) is 0.910. The number of hydrogen-bond acceptors (Lipinski definition) is 3. The molecule has 2 rings (SSSR count). The molecule has 0 radical (unpaired) electrons. The van der Waals surface area contributed by atoms with E-state index in [1.165, 1.54) is 0 Å². The molecular weight excluding hydrogens is 216 g/mol. The number of aryl methyl sites for hydroxylation is 1. The van der Waals surface area contributed by atoms with E-state index in [4.69, 9.17) is 5.26 Å². The molecule has 2 aromatic rings. The summed E-state index contributed by atoms with van der Waals surface area (Å²) in [6, 6.07) is 10.2. The molecule has 1 amide bonds. The maximum atomic E-state index is 11.9. The lowest BCUT2D eigenvalue weighted by atomic mass is 10.1. The summed E-state index contributed by atoms with van der Waals surface area (Å²) < 4.78 is 1.56. The highest BCUT2D eigenvalue weighted by molar-refractivity contribution is 6.03. The van der Waals surface area contributed by atoms with Crippen LogP contribution in [0.1, 0.15) is 15.9 Å². The second-order valence-corrected chi connectivity index (χ2v) is 3.49. The van der Waals surface area contributed by atoms with Gasteiger partial charge in [-0.2, -0.15) is 10.4 Å². The molecule has 5 heteroatoms. The van der Waals surface area contributed by atoms with E-state index in [9.17, 15) is 4.79 Å². The third kappa shape index (κ3) is 2.32. The lowest BCUT2D eigenvalue weighted by Gasteiger charge is -2.05. The van der Waals surface area contributed by atoms with Gasteiger partial charge in [0.05, 0.1) is 17.8 Å². The van der Waals surface area contributed by atoms with Gasteiger partial charge in [-0.1, -0.05) is 6.07 Å². The molecule has 0 aliphatic rings.